The molecule has 1 fully saturated rings. The number of pyridine rings is 1. The Bertz CT molecular complexity index is 553. The highest BCUT2D eigenvalue weighted by atomic mass is 15.3. The Kier molecular flexibility index (Phi) is 3.23. The molecule has 100 valence electrons. The van der Waals surface area contributed by atoms with Crippen LogP contribution in [0.15, 0.2) is 30.5 Å². The molecule has 1 saturated heterocycles. The zero-order chi connectivity index (χ0) is 13.2. The van der Waals surface area contributed by atoms with Gasteiger partial charge < -0.3 is 4.90 Å². The first kappa shape index (κ1) is 12.2. The van der Waals surface area contributed by atoms with Crippen molar-refractivity contribution in [3.05, 3.63) is 41.9 Å². The van der Waals surface area contributed by atoms with Gasteiger partial charge in [0.25, 0.3) is 0 Å². The SMILES string of the molecule is Cc1cccc(N2CCC(c3ccnn3C)CC2)n1. The highest BCUT2D eigenvalue weighted by Gasteiger charge is 2.23. The van der Waals surface area contributed by atoms with Gasteiger partial charge in [-0.1, -0.05) is 6.07 Å². The summed E-state index contributed by atoms with van der Waals surface area (Å²) in [5.74, 6) is 1.75. The number of piperidine rings is 1. The monoisotopic (exact) mass is 256 g/mol. The van der Waals surface area contributed by atoms with Gasteiger partial charge in [-0.25, -0.2) is 4.98 Å². The van der Waals surface area contributed by atoms with Crippen LogP contribution in [0.3, 0.4) is 0 Å². The zero-order valence-corrected chi connectivity index (χ0v) is 11.6. The summed E-state index contributed by atoms with van der Waals surface area (Å²) in [6.07, 6.45) is 4.24. The number of aromatic nitrogens is 3. The number of nitrogens with zero attached hydrogens (tertiary/aromatic N) is 4. The van der Waals surface area contributed by atoms with Crippen molar-refractivity contribution in [2.45, 2.75) is 25.7 Å². The van der Waals surface area contributed by atoms with Gasteiger partial charge in [0, 0.05) is 43.6 Å². The topological polar surface area (TPSA) is 34.0 Å². The molecule has 0 aromatic carbocycles. The molecule has 0 radical (unpaired) electrons. The minimum absolute atomic E-state index is 0.633. The maximum atomic E-state index is 4.61. The van der Waals surface area contributed by atoms with E-state index in [1.165, 1.54) is 18.5 Å². The minimum Gasteiger partial charge on any atom is -0.357 e. The van der Waals surface area contributed by atoms with Gasteiger partial charge in [0.2, 0.25) is 0 Å². The Morgan fingerprint density at radius 2 is 1.95 bits per heavy atom. The molecule has 2 aromatic heterocycles. The van der Waals surface area contributed by atoms with Crippen LogP contribution in [0, 0.1) is 6.92 Å². The van der Waals surface area contributed by atoms with Gasteiger partial charge in [-0.15, -0.1) is 0 Å². The lowest BCUT2D eigenvalue weighted by molar-refractivity contribution is 0.475. The van der Waals surface area contributed by atoms with Crippen LogP contribution in [-0.2, 0) is 7.05 Å². The summed E-state index contributed by atoms with van der Waals surface area (Å²) in [6.45, 7) is 4.20. The van der Waals surface area contributed by atoms with Gasteiger partial charge in [-0.05, 0) is 38.0 Å². The second kappa shape index (κ2) is 5.03. The molecule has 0 aliphatic carbocycles. The quantitative estimate of drug-likeness (QED) is 0.828. The van der Waals surface area contributed by atoms with E-state index in [1.807, 2.05) is 30.9 Å². The van der Waals surface area contributed by atoms with Crippen LogP contribution in [0.2, 0.25) is 0 Å². The predicted octanol–water partition coefficient (Wildman–Crippen LogP) is 2.51. The normalized spacial score (nSPS) is 16.8. The second-order valence-electron chi connectivity index (χ2n) is 5.28. The summed E-state index contributed by atoms with van der Waals surface area (Å²) in [5.41, 5.74) is 2.45. The van der Waals surface area contributed by atoms with Crippen molar-refractivity contribution < 1.29 is 0 Å². The number of anilines is 1. The van der Waals surface area contributed by atoms with Crippen LogP contribution >= 0.6 is 0 Å². The standard InChI is InChI=1S/C15H20N4/c1-12-4-3-5-15(17-12)19-10-7-13(8-11-19)14-6-9-16-18(14)2/h3-6,9,13H,7-8,10-11H2,1-2H3. The smallest absolute Gasteiger partial charge is 0.128 e. The third-order valence-corrected chi connectivity index (χ3v) is 3.97. The summed E-state index contributed by atoms with van der Waals surface area (Å²) in [4.78, 5) is 7.00. The lowest BCUT2D eigenvalue weighted by Crippen LogP contribution is -2.34. The van der Waals surface area contributed by atoms with Gasteiger partial charge in [0.15, 0.2) is 0 Å². The zero-order valence-electron chi connectivity index (χ0n) is 11.6. The summed E-state index contributed by atoms with van der Waals surface area (Å²) in [7, 11) is 2.03. The Hall–Kier alpha value is -1.84. The fraction of sp³-hybridized carbons (Fsp3) is 0.467. The van der Waals surface area contributed by atoms with E-state index in [9.17, 15) is 0 Å². The van der Waals surface area contributed by atoms with E-state index in [0.717, 1.165) is 24.6 Å². The maximum Gasteiger partial charge on any atom is 0.128 e. The summed E-state index contributed by atoms with van der Waals surface area (Å²) in [5, 5.41) is 4.27. The molecule has 0 spiro atoms. The number of hydrogen-bond acceptors (Lipinski definition) is 3. The van der Waals surface area contributed by atoms with Crippen molar-refractivity contribution >= 4 is 5.82 Å². The molecule has 0 saturated carbocycles. The number of rotatable bonds is 2. The van der Waals surface area contributed by atoms with Crippen LogP contribution in [0.5, 0.6) is 0 Å². The molecule has 4 heteroatoms. The molecule has 1 aliphatic heterocycles. The fourth-order valence-corrected chi connectivity index (χ4v) is 2.89. The van der Waals surface area contributed by atoms with E-state index < -0.39 is 0 Å². The van der Waals surface area contributed by atoms with E-state index in [-0.39, 0.29) is 0 Å². The van der Waals surface area contributed by atoms with Crippen LogP contribution < -0.4 is 4.90 Å². The van der Waals surface area contributed by atoms with E-state index in [4.69, 9.17) is 0 Å². The summed E-state index contributed by atoms with van der Waals surface area (Å²) in [6, 6.07) is 8.39. The van der Waals surface area contributed by atoms with Crippen molar-refractivity contribution in [1.82, 2.24) is 14.8 Å². The Morgan fingerprint density at radius 3 is 2.58 bits per heavy atom. The molecule has 3 rings (SSSR count). The van der Waals surface area contributed by atoms with Crippen molar-refractivity contribution in [3.63, 3.8) is 0 Å². The molecule has 3 heterocycles. The first-order valence-corrected chi connectivity index (χ1v) is 6.90. The number of aryl methyl sites for hydroxylation is 2. The van der Waals surface area contributed by atoms with Crippen molar-refractivity contribution in [2.24, 2.45) is 7.05 Å². The van der Waals surface area contributed by atoms with E-state index in [0.29, 0.717) is 5.92 Å². The Labute approximate surface area is 114 Å². The molecular formula is C15H20N4. The molecule has 0 amide bonds. The lowest BCUT2D eigenvalue weighted by atomic mass is 9.93. The van der Waals surface area contributed by atoms with Gasteiger partial charge in [-0.3, -0.25) is 4.68 Å². The largest absolute Gasteiger partial charge is 0.357 e. The maximum absolute atomic E-state index is 4.61. The minimum atomic E-state index is 0.633. The molecule has 0 unspecified atom stereocenters. The first-order valence-electron chi connectivity index (χ1n) is 6.90. The van der Waals surface area contributed by atoms with E-state index in [2.05, 4.69) is 33.2 Å². The van der Waals surface area contributed by atoms with Gasteiger partial charge in [-0.2, -0.15) is 5.10 Å². The molecule has 0 bridgehead atoms. The molecule has 4 nitrogen and oxygen atoms in total. The fourth-order valence-electron chi connectivity index (χ4n) is 2.89. The summed E-state index contributed by atoms with van der Waals surface area (Å²) < 4.78 is 2.01. The first-order chi connectivity index (χ1) is 9.24. The highest BCUT2D eigenvalue weighted by Crippen LogP contribution is 2.29. The van der Waals surface area contributed by atoms with Gasteiger partial charge in [0.1, 0.15) is 5.82 Å². The highest BCUT2D eigenvalue weighted by molar-refractivity contribution is 5.40. The van der Waals surface area contributed by atoms with Gasteiger partial charge in [0.05, 0.1) is 0 Å². The average Bonchev–Trinajstić information content (AvgIpc) is 2.85. The van der Waals surface area contributed by atoms with Crippen LogP contribution in [-0.4, -0.2) is 27.9 Å². The van der Waals surface area contributed by atoms with Gasteiger partial charge >= 0.3 is 0 Å². The second-order valence-corrected chi connectivity index (χ2v) is 5.28. The third-order valence-electron chi connectivity index (χ3n) is 3.97. The average molecular weight is 256 g/mol. The molecular weight excluding hydrogens is 236 g/mol. The predicted molar refractivity (Wildman–Crippen MR) is 76.4 cm³/mol. The summed E-state index contributed by atoms with van der Waals surface area (Å²) >= 11 is 0. The van der Waals surface area contributed by atoms with Crippen molar-refractivity contribution in [3.8, 4) is 0 Å². The molecule has 0 N–H and O–H groups in total. The number of hydrogen-bond donors (Lipinski definition) is 0. The van der Waals surface area contributed by atoms with Crippen molar-refractivity contribution in [1.29, 1.82) is 0 Å². The van der Waals surface area contributed by atoms with Crippen LogP contribution in [0.25, 0.3) is 0 Å². The molecule has 19 heavy (non-hydrogen) atoms. The van der Waals surface area contributed by atoms with E-state index >= 15 is 0 Å². The Balaban J connectivity index is 1.68. The van der Waals surface area contributed by atoms with E-state index in [1.54, 1.807) is 0 Å². The molecule has 1 aliphatic rings. The van der Waals surface area contributed by atoms with Crippen molar-refractivity contribution in [2.75, 3.05) is 18.0 Å². The molecule has 0 atom stereocenters. The van der Waals surface area contributed by atoms with Crippen LogP contribution in [0.1, 0.15) is 30.1 Å². The lowest BCUT2D eigenvalue weighted by Gasteiger charge is -2.32. The molecule has 2 aromatic rings. The third kappa shape index (κ3) is 2.48. The Morgan fingerprint density at radius 1 is 1.16 bits per heavy atom. The van der Waals surface area contributed by atoms with Crippen LogP contribution in [0.4, 0.5) is 5.82 Å².